The third-order valence-corrected chi connectivity index (χ3v) is 4.20. The van der Waals surface area contributed by atoms with Crippen molar-refractivity contribution in [2.45, 2.75) is 43.3 Å². The van der Waals surface area contributed by atoms with Crippen molar-refractivity contribution < 1.29 is 21.6 Å². The average Bonchev–Trinajstić information content (AvgIpc) is 2.37. The topological polar surface area (TPSA) is 46.2 Å². The lowest BCUT2D eigenvalue weighted by molar-refractivity contribution is -0.136. The Bertz CT molecular complexity index is 538. The minimum absolute atomic E-state index is 0.0677. The van der Waals surface area contributed by atoms with Crippen molar-refractivity contribution in [3.8, 4) is 0 Å². The zero-order valence-electron chi connectivity index (χ0n) is 12.1. The summed E-state index contributed by atoms with van der Waals surface area (Å²) in [4.78, 5) is 0.163. The van der Waals surface area contributed by atoms with Gasteiger partial charge >= 0.3 is 6.18 Å². The van der Waals surface area contributed by atoms with Crippen LogP contribution in [0.15, 0.2) is 29.2 Å². The fourth-order valence-electron chi connectivity index (χ4n) is 1.96. The molecule has 0 saturated heterocycles. The molecule has 120 valence electrons. The molecule has 0 aliphatic heterocycles. The number of nitrogens with one attached hydrogen (secondary N) is 1. The van der Waals surface area contributed by atoms with Gasteiger partial charge in [-0.1, -0.05) is 19.1 Å². The first-order valence-electron chi connectivity index (χ1n) is 6.73. The lowest BCUT2D eigenvalue weighted by Gasteiger charge is -2.20. The van der Waals surface area contributed by atoms with Crippen LogP contribution in [-0.2, 0) is 9.84 Å². The molecule has 0 radical (unpaired) electrons. The summed E-state index contributed by atoms with van der Waals surface area (Å²) in [5.41, 5.74) is 0.667. The van der Waals surface area contributed by atoms with Gasteiger partial charge in [-0.15, -0.1) is 0 Å². The van der Waals surface area contributed by atoms with Gasteiger partial charge in [0, 0.05) is 18.7 Å². The molecule has 1 atom stereocenters. The van der Waals surface area contributed by atoms with Crippen LogP contribution in [0, 0.1) is 0 Å². The largest absolute Gasteiger partial charge is 0.389 e. The second-order valence-electron chi connectivity index (χ2n) is 5.00. The summed E-state index contributed by atoms with van der Waals surface area (Å²) < 4.78 is 59.9. The number of alkyl halides is 3. The first-order valence-corrected chi connectivity index (χ1v) is 8.63. The molecular weight excluding hydrogens is 303 g/mol. The van der Waals surface area contributed by atoms with Crippen molar-refractivity contribution in [1.82, 2.24) is 5.32 Å². The molecule has 1 rings (SSSR count). The van der Waals surface area contributed by atoms with E-state index in [1.54, 1.807) is 12.1 Å². The maximum absolute atomic E-state index is 12.4. The van der Waals surface area contributed by atoms with E-state index >= 15 is 0 Å². The molecule has 0 amide bonds. The maximum atomic E-state index is 12.4. The minimum Gasteiger partial charge on any atom is -0.310 e. The SMILES string of the molecule is CCCNC(CCC(F)(F)F)c1ccc(S(C)(=O)=O)cc1. The standard InChI is InChI=1S/C14H20F3NO2S/c1-3-10-18-13(8-9-14(15,16)17)11-4-6-12(7-5-11)21(2,19)20/h4-7,13,18H,3,8-10H2,1-2H3. The normalized spacial score (nSPS) is 14.1. The summed E-state index contributed by atoms with van der Waals surface area (Å²) in [5.74, 6) is 0. The van der Waals surface area contributed by atoms with Crippen LogP contribution >= 0.6 is 0 Å². The van der Waals surface area contributed by atoms with E-state index in [-0.39, 0.29) is 11.3 Å². The van der Waals surface area contributed by atoms with Gasteiger partial charge in [-0.3, -0.25) is 0 Å². The molecule has 0 fully saturated rings. The van der Waals surface area contributed by atoms with Crippen molar-refractivity contribution in [1.29, 1.82) is 0 Å². The van der Waals surface area contributed by atoms with Crippen LogP contribution in [0.5, 0.6) is 0 Å². The van der Waals surface area contributed by atoms with E-state index in [0.29, 0.717) is 12.1 Å². The summed E-state index contributed by atoms with van der Waals surface area (Å²) >= 11 is 0. The lowest BCUT2D eigenvalue weighted by Crippen LogP contribution is -2.24. The van der Waals surface area contributed by atoms with Gasteiger partial charge in [0.25, 0.3) is 0 Å². The zero-order valence-corrected chi connectivity index (χ0v) is 12.9. The molecule has 0 spiro atoms. The van der Waals surface area contributed by atoms with Gasteiger partial charge in [-0.05, 0) is 37.1 Å². The van der Waals surface area contributed by atoms with Crippen LogP contribution in [0.25, 0.3) is 0 Å². The van der Waals surface area contributed by atoms with Crippen molar-refractivity contribution in [3.05, 3.63) is 29.8 Å². The number of halogens is 3. The van der Waals surface area contributed by atoms with Crippen LogP contribution in [0.4, 0.5) is 13.2 Å². The van der Waals surface area contributed by atoms with Gasteiger partial charge in [0.2, 0.25) is 0 Å². The molecule has 0 heterocycles. The molecule has 0 aliphatic rings. The van der Waals surface area contributed by atoms with Gasteiger partial charge in [0.1, 0.15) is 0 Å². The second kappa shape index (κ2) is 7.26. The summed E-state index contributed by atoms with van der Waals surface area (Å²) in [6.07, 6.45) is -3.23. The lowest BCUT2D eigenvalue weighted by atomic mass is 10.0. The van der Waals surface area contributed by atoms with E-state index in [0.717, 1.165) is 12.7 Å². The first-order chi connectivity index (χ1) is 9.63. The van der Waals surface area contributed by atoms with Crippen molar-refractivity contribution in [3.63, 3.8) is 0 Å². The molecular formula is C14H20F3NO2S. The van der Waals surface area contributed by atoms with Crippen LogP contribution in [0.3, 0.4) is 0 Å². The fraction of sp³-hybridized carbons (Fsp3) is 0.571. The predicted molar refractivity (Wildman–Crippen MR) is 75.9 cm³/mol. The highest BCUT2D eigenvalue weighted by molar-refractivity contribution is 7.90. The maximum Gasteiger partial charge on any atom is 0.389 e. The van der Waals surface area contributed by atoms with E-state index in [1.807, 2.05) is 6.92 Å². The first kappa shape index (κ1) is 18.0. The molecule has 21 heavy (non-hydrogen) atoms. The van der Waals surface area contributed by atoms with Crippen LogP contribution in [-0.4, -0.2) is 27.4 Å². The highest BCUT2D eigenvalue weighted by Crippen LogP contribution is 2.28. The van der Waals surface area contributed by atoms with Crippen molar-refractivity contribution in [2.24, 2.45) is 0 Å². The van der Waals surface area contributed by atoms with Crippen LogP contribution in [0.2, 0.25) is 0 Å². The number of rotatable bonds is 7. The third-order valence-electron chi connectivity index (χ3n) is 3.07. The Morgan fingerprint density at radius 3 is 2.19 bits per heavy atom. The quantitative estimate of drug-likeness (QED) is 0.836. The summed E-state index contributed by atoms with van der Waals surface area (Å²) in [6.45, 7) is 2.54. The highest BCUT2D eigenvalue weighted by Gasteiger charge is 2.28. The molecule has 1 aromatic carbocycles. The van der Waals surface area contributed by atoms with E-state index in [2.05, 4.69) is 5.32 Å². The fourth-order valence-corrected chi connectivity index (χ4v) is 2.59. The number of benzene rings is 1. The molecule has 3 nitrogen and oxygen atoms in total. The van der Waals surface area contributed by atoms with Crippen LogP contribution in [0.1, 0.15) is 37.8 Å². The number of hydrogen-bond donors (Lipinski definition) is 1. The Morgan fingerprint density at radius 1 is 1.19 bits per heavy atom. The Labute approximate surface area is 123 Å². The van der Waals surface area contributed by atoms with Gasteiger partial charge in [-0.2, -0.15) is 13.2 Å². The summed E-state index contributed by atoms with van der Waals surface area (Å²) in [6, 6.07) is 5.57. The Balaban J connectivity index is 2.87. The Morgan fingerprint density at radius 2 is 1.76 bits per heavy atom. The Hall–Kier alpha value is -1.08. The van der Waals surface area contributed by atoms with E-state index in [1.165, 1.54) is 12.1 Å². The van der Waals surface area contributed by atoms with Gasteiger partial charge < -0.3 is 5.32 Å². The molecule has 1 aromatic rings. The predicted octanol–water partition coefficient (Wildman–Crippen LogP) is 3.47. The second-order valence-corrected chi connectivity index (χ2v) is 7.02. The summed E-state index contributed by atoms with van der Waals surface area (Å²) in [5, 5.41) is 3.07. The monoisotopic (exact) mass is 323 g/mol. The molecule has 0 saturated carbocycles. The third kappa shape index (κ3) is 6.48. The molecule has 0 aliphatic carbocycles. The number of sulfone groups is 1. The van der Waals surface area contributed by atoms with Crippen molar-refractivity contribution in [2.75, 3.05) is 12.8 Å². The molecule has 1 unspecified atom stereocenters. The van der Waals surface area contributed by atoms with E-state index in [9.17, 15) is 21.6 Å². The smallest absolute Gasteiger partial charge is 0.310 e. The molecule has 1 N–H and O–H groups in total. The van der Waals surface area contributed by atoms with Crippen molar-refractivity contribution >= 4 is 9.84 Å². The zero-order chi connectivity index (χ0) is 16.1. The van der Waals surface area contributed by atoms with Crippen LogP contribution < -0.4 is 5.32 Å². The summed E-state index contributed by atoms with van der Waals surface area (Å²) in [7, 11) is -3.30. The molecule has 0 bridgehead atoms. The van der Waals surface area contributed by atoms with Gasteiger partial charge in [0.05, 0.1) is 4.90 Å². The Kier molecular flexibility index (Phi) is 6.22. The van der Waals surface area contributed by atoms with E-state index in [4.69, 9.17) is 0 Å². The average molecular weight is 323 g/mol. The minimum atomic E-state index is -4.20. The molecule has 0 aromatic heterocycles. The molecule has 7 heteroatoms. The van der Waals surface area contributed by atoms with E-state index < -0.39 is 28.5 Å². The highest BCUT2D eigenvalue weighted by atomic mass is 32.2. The number of hydrogen-bond acceptors (Lipinski definition) is 3. The van der Waals surface area contributed by atoms with Gasteiger partial charge in [0.15, 0.2) is 9.84 Å². The van der Waals surface area contributed by atoms with Gasteiger partial charge in [-0.25, -0.2) is 8.42 Å².